The molecule has 122 valence electrons. The normalized spacial score (nSPS) is 11.2. The molecule has 0 aliphatic rings. The minimum Gasteiger partial charge on any atom is -0.493 e. The molecule has 0 bridgehead atoms. The third-order valence-electron chi connectivity index (χ3n) is 3.89. The van der Waals surface area contributed by atoms with E-state index in [0.29, 0.717) is 5.69 Å². The van der Waals surface area contributed by atoms with Gasteiger partial charge in [-0.25, -0.2) is 0 Å². The third-order valence-corrected chi connectivity index (χ3v) is 3.89. The molecule has 2 N–H and O–H groups in total. The SMILES string of the molecule is Cc1ccccc1NCC(=O)N=Nc1c(O)n(C)c2ccccc12. The maximum Gasteiger partial charge on any atom is 0.283 e. The Bertz CT molecular complexity index is 928. The molecule has 3 rings (SSSR count). The molecule has 24 heavy (non-hydrogen) atoms. The van der Waals surface area contributed by atoms with Gasteiger partial charge in [-0.1, -0.05) is 36.4 Å². The summed E-state index contributed by atoms with van der Waals surface area (Å²) in [7, 11) is 1.73. The minimum absolute atomic E-state index is 0.0142. The van der Waals surface area contributed by atoms with Crippen LogP contribution in [0.15, 0.2) is 58.8 Å². The number of aryl methyl sites for hydroxylation is 2. The zero-order valence-electron chi connectivity index (χ0n) is 13.5. The van der Waals surface area contributed by atoms with Crippen molar-refractivity contribution in [1.29, 1.82) is 0 Å². The van der Waals surface area contributed by atoms with Crippen LogP contribution in [0, 0.1) is 6.92 Å². The standard InChI is InChI=1S/C18H18N4O2/c1-12-7-3-5-9-14(12)19-11-16(23)20-21-17-13-8-4-6-10-15(13)22(2)18(17)24/h3-10,19,24H,11H2,1-2H3. The van der Waals surface area contributed by atoms with E-state index in [4.69, 9.17) is 0 Å². The summed E-state index contributed by atoms with van der Waals surface area (Å²) in [5.41, 5.74) is 3.06. The number of amides is 1. The van der Waals surface area contributed by atoms with Crippen molar-refractivity contribution in [3.05, 3.63) is 54.1 Å². The number of carbonyl (C=O) groups is 1. The Balaban J connectivity index is 1.75. The first kappa shape index (κ1) is 15.7. The highest BCUT2D eigenvalue weighted by Gasteiger charge is 2.14. The molecule has 1 heterocycles. The lowest BCUT2D eigenvalue weighted by Gasteiger charge is -2.06. The monoisotopic (exact) mass is 322 g/mol. The zero-order chi connectivity index (χ0) is 17.1. The van der Waals surface area contributed by atoms with Crippen molar-refractivity contribution in [2.24, 2.45) is 17.3 Å². The van der Waals surface area contributed by atoms with Crippen molar-refractivity contribution in [2.45, 2.75) is 6.92 Å². The lowest BCUT2D eigenvalue weighted by molar-refractivity contribution is -0.116. The molecular formula is C18H18N4O2. The van der Waals surface area contributed by atoms with Gasteiger partial charge in [0.1, 0.15) is 0 Å². The lowest BCUT2D eigenvalue weighted by atomic mass is 10.2. The molecule has 6 heteroatoms. The first-order chi connectivity index (χ1) is 11.6. The average molecular weight is 322 g/mol. The van der Waals surface area contributed by atoms with E-state index >= 15 is 0 Å². The maximum absolute atomic E-state index is 11.9. The number of fused-ring (bicyclic) bond motifs is 1. The van der Waals surface area contributed by atoms with E-state index in [2.05, 4.69) is 15.5 Å². The number of hydrogen-bond donors (Lipinski definition) is 2. The molecule has 0 saturated carbocycles. The first-order valence-electron chi connectivity index (χ1n) is 7.58. The van der Waals surface area contributed by atoms with Crippen LogP contribution >= 0.6 is 0 Å². The fourth-order valence-electron chi connectivity index (χ4n) is 2.54. The molecule has 0 fully saturated rings. The lowest BCUT2D eigenvalue weighted by Crippen LogP contribution is -2.11. The molecule has 0 spiro atoms. The van der Waals surface area contributed by atoms with Gasteiger partial charge in [0, 0.05) is 18.1 Å². The highest BCUT2D eigenvalue weighted by atomic mass is 16.3. The molecule has 0 unspecified atom stereocenters. The van der Waals surface area contributed by atoms with E-state index in [1.165, 1.54) is 0 Å². The summed E-state index contributed by atoms with van der Waals surface area (Å²) in [6, 6.07) is 15.1. The summed E-state index contributed by atoms with van der Waals surface area (Å²) in [5.74, 6) is -0.426. The third kappa shape index (κ3) is 2.99. The number of anilines is 1. The van der Waals surface area contributed by atoms with Gasteiger partial charge in [-0.05, 0) is 24.6 Å². The molecule has 1 aromatic heterocycles. The molecule has 3 aromatic rings. The molecule has 6 nitrogen and oxygen atoms in total. The molecular weight excluding hydrogens is 304 g/mol. The van der Waals surface area contributed by atoms with Gasteiger partial charge in [0.25, 0.3) is 5.91 Å². The maximum atomic E-state index is 11.9. The quantitative estimate of drug-likeness (QED) is 0.715. The molecule has 2 aromatic carbocycles. The van der Waals surface area contributed by atoms with Crippen molar-refractivity contribution in [1.82, 2.24) is 4.57 Å². The number of benzene rings is 2. The van der Waals surface area contributed by atoms with Crippen LogP contribution in [0.3, 0.4) is 0 Å². The summed E-state index contributed by atoms with van der Waals surface area (Å²) in [4.78, 5) is 11.9. The van der Waals surface area contributed by atoms with Crippen LogP contribution in [-0.2, 0) is 11.8 Å². The largest absolute Gasteiger partial charge is 0.493 e. The highest BCUT2D eigenvalue weighted by molar-refractivity contribution is 5.95. The minimum atomic E-state index is -0.411. The van der Waals surface area contributed by atoms with Crippen molar-refractivity contribution >= 4 is 28.2 Å². The number of rotatable bonds is 4. The molecule has 0 radical (unpaired) electrons. The van der Waals surface area contributed by atoms with E-state index in [1.807, 2.05) is 55.5 Å². The predicted octanol–water partition coefficient (Wildman–Crippen LogP) is 3.91. The summed E-state index contributed by atoms with van der Waals surface area (Å²) in [5, 5.41) is 21.6. The van der Waals surface area contributed by atoms with E-state index < -0.39 is 5.91 Å². The molecule has 0 aliphatic heterocycles. The Kier molecular flexibility index (Phi) is 4.29. The van der Waals surface area contributed by atoms with Gasteiger partial charge in [0.05, 0.1) is 12.1 Å². The highest BCUT2D eigenvalue weighted by Crippen LogP contribution is 2.37. The van der Waals surface area contributed by atoms with Gasteiger partial charge in [0.15, 0.2) is 5.69 Å². The zero-order valence-corrected chi connectivity index (χ0v) is 13.5. The van der Waals surface area contributed by atoms with Crippen LogP contribution in [0.4, 0.5) is 11.4 Å². The second-order valence-electron chi connectivity index (χ2n) is 5.51. The number of aromatic nitrogens is 1. The van der Waals surface area contributed by atoms with Crippen LogP contribution in [0.5, 0.6) is 5.88 Å². The van der Waals surface area contributed by atoms with E-state index in [-0.39, 0.29) is 12.4 Å². The van der Waals surface area contributed by atoms with Crippen LogP contribution in [0.25, 0.3) is 10.9 Å². The number of azo groups is 1. The van der Waals surface area contributed by atoms with Crippen LogP contribution < -0.4 is 5.32 Å². The van der Waals surface area contributed by atoms with Crippen molar-refractivity contribution in [2.75, 3.05) is 11.9 Å². The fourth-order valence-corrected chi connectivity index (χ4v) is 2.54. The van der Waals surface area contributed by atoms with Crippen LogP contribution in [0.1, 0.15) is 5.56 Å². The number of hydrogen-bond acceptors (Lipinski definition) is 4. The van der Waals surface area contributed by atoms with Crippen molar-refractivity contribution in [3.8, 4) is 5.88 Å². The Morgan fingerprint density at radius 1 is 1.17 bits per heavy atom. The van der Waals surface area contributed by atoms with E-state index in [1.54, 1.807) is 11.6 Å². The smallest absolute Gasteiger partial charge is 0.283 e. The summed E-state index contributed by atoms with van der Waals surface area (Å²) in [6.45, 7) is 2.00. The molecule has 0 atom stereocenters. The van der Waals surface area contributed by atoms with Gasteiger partial charge in [-0.2, -0.15) is 0 Å². The van der Waals surface area contributed by atoms with Crippen molar-refractivity contribution < 1.29 is 9.90 Å². The summed E-state index contributed by atoms with van der Waals surface area (Å²) >= 11 is 0. The second kappa shape index (κ2) is 6.54. The first-order valence-corrected chi connectivity index (χ1v) is 7.58. The molecule has 0 aliphatic carbocycles. The van der Waals surface area contributed by atoms with Gasteiger partial charge < -0.3 is 15.0 Å². The van der Waals surface area contributed by atoms with E-state index in [0.717, 1.165) is 22.2 Å². The number of nitrogens with zero attached hydrogens (tertiary/aromatic N) is 3. The Morgan fingerprint density at radius 3 is 2.67 bits per heavy atom. The summed E-state index contributed by atoms with van der Waals surface area (Å²) < 4.78 is 1.61. The van der Waals surface area contributed by atoms with Gasteiger partial charge in [-0.15, -0.1) is 10.2 Å². The van der Waals surface area contributed by atoms with Gasteiger partial charge in [-0.3, -0.25) is 4.79 Å². The Morgan fingerprint density at radius 2 is 1.88 bits per heavy atom. The molecule has 0 saturated heterocycles. The summed E-state index contributed by atoms with van der Waals surface area (Å²) in [6.07, 6.45) is 0. The number of nitrogens with one attached hydrogen (secondary N) is 1. The van der Waals surface area contributed by atoms with Gasteiger partial charge in [0.2, 0.25) is 5.88 Å². The van der Waals surface area contributed by atoms with Crippen LogP contribution in [-0.4, -0.2) is 22.1 Å². The van der Waals surface area contributed by atoms with E-state index in [9.17, 15) is 9.90 Å². The Hall–Kier alpha value is -3.15. The topological polar surface area (TPSA) is 79.0 Å². The number of carbonyl (C=O) groups excluding carboxylic acids is 1. The average Bonchev–Trinajstić information content (AvgIpc) is 2.84. The molecule has 1 amide bonds. The Labute approximate surface area is 139 Å². The van der Waals surface area contributed by atoms with Gasteiger partial charge >= 0.3 is 0 Å². The second-order valence-corrected chi connectivity index (χ2v) is 5.51. The number of para-hydroxylation sites is 2. The fraction of sp³-hybridized carbons (Fsp3) is 0.167. The van der Waals surface area contributed by atoms with Crippen molar-refractivity contribution in [3.63, 3.8) is 0 Å². The van der Waals surface area contributed by atoms with Crippen LogP contribution in [0.2, 0.25) is 0 Å². The number of aromatic hydroxyl groups is 1. The predicted molar refractivity (Wildman–Crippen MR) is 93.8 cm³/mol.